The van der Waals surface area contributed by atoms with Crippen molar-refractivity contribution in [3.05, 3.63) is 11.4 Å². The third kappa shape index (κ3) is 3.06. The number of hydrogen-bond acceptors (Lipinski definition) is 5. The largest absolute Gasteiger partial charge is 0.395 e. The lowest BCUT2D eigenvalue weighted by atomic mass is 10.2. The average Bonchev–Trinajstić information content (AvgIpc) is 2.28. The Hall–Kier alpha value is -1.36. The van der Waals surface area contributed by atoms with Crippen LogP contribution in [-0.4, -0.2) is 41.3 Å². The highest BCUT2D eigenvalue weighted by Crippen LogP contribution is 2.24. The third-order valence-electron chi connectivity index (χ3n) is 2.71. The van der Waals surface area contributed by atoms with Gasteiger partial charge in [-0.15, -0.1) is 0 Å². The second-order valence-corrected chi connectivity index (χ2v) is 4.33. The molecule has 2 N–H and O–H groups in total. The Morgan fingerprint density at radius 3 is 2.41 bits per heavy atom. The number of anilines is 2. The molecule has 0 aliphatic heterocycles. The predicted octanol–water partition coefficient (Wildman–Crippen LogP) is 1.34. The quantitative estimate of drug-likeness (QED) is 0.810. The molecule has 0 aliphatic rings. The average molecular weight is 238 g/mol. The van der Waals surface area contributed by atoms with Crippen LogP contribution in [0.15, 0.2) is 0 Å². The van der Waals surface area contributed by atoms with E-state index in [2.05, 4.69) is 34.0 Å². The summed E-state index contributed by atoms with van der Waals surface area (Å²) in [6.45, 7) is 8.75. The minimum absolute atomic E-state index is 0.121. The van der Waals surface area contributed by atoms with E-state index in [1.54, 1.807) is 0 Å². The zero-order chi connectivity index (χ0) is 13.0. The van der Waals surface area contributed by atoms with Crippen molar-refractivity contribution in [2.45, 2.75) is 33.7 Å². The Kier molecular flexibility index (Phi) is 4.69. The fourth-order valence-corrected chi connectivity index (χ4v) is 1.85. The molecular weight excluding hydrogens is 216 g/mol. The maximum atomic E-state index is 9.13. The minimum atomic E-state index is 0.121. The van der Waals surface area contributed by atoms with E-state index >= 15 is 0 Å². The Bertz CT molecular complexity index is 379. The van der Waals surface area contributed by atoms with E-state index in [4.69, 9.17) is 5.11 Å². The number of aryl methyl sites for hydroxylation is 1. The maximum absolute atomic E-state index is 9.13. The monoisotopic (exact) mass is 238 g/mol. The van der Waals surface area contributed by atoms with Gasteiger partial charge in [0, 0.05) is 25.2 Å². The number of nitrogens with zero attached hydrogens (tertiary/aromatic N) is 3. The number of rotatable bonds is 5. The molecule has 0 radical (unpaired) electrons. The standard InChI is InChI=1S/C12H22N4O/c1-8(2)16(6-7-17)12-9(3)11(13-5)14-10(4)15-12/h8,17H,6-7H2,1-5H3,(H,13,14,15). The van der Waals surface area contributed by atoms with Crippen LogP contribution in [0.2, 0.25) is 0 Å². The highest BCUT2D eigenvalue weighted by Gasteiger charge is 2.17. The molecule has 0 fully saturated rings. The molecule has 17 heavy (non-hydrogen) atoms. The molecule has 0 unspecified atom stereocenters. The van der Waals surface area contributed by atoms with Crippen molar-refractivity contribution in [3.63, 3.8) is 0 Å². The molecule has 1 heterocycles. The van der Waals surface area contributed by atoms with Gasteiger partial charge in [-0.1, -0.05) is 0 Å². The second kappa shape index (κ2) is 5.82. The van der Waals surface area contributed by atoms with Crippen molar-refractivity contribution in [1.29, 1.82) is 0 Å². The van der Waals surface area contributed by atoms with E-state index in [0.717, 1.165) is 23.0 Å². The molecule has 0 aliphatic carbocycles. The molecular formula is C12H22N4O. The molecule has 96 valence electrons. The third-order valence-corrected chi connectivity index (χ3v) is 2.71. The second-order valence-electron chi connectivity index (χ2n) is 4.33. The van der Waals surface area contributed by atoms with Gasteiger partial charge in [0.05, 0.1) is 6.61 Å². The van der Waals surface area contributed by atoms with E-state index < -0.39 is 0 Å². The lowest BCUT2D eigenvalue weighted by molar-refractivity contribution is 0.298. The van der Waals surface area contributed by atoms with E-state index in [-0.39, 0.29) is 6.61 Å². The number of nitrogens with one attached hydrogen (secondary N) is 1. The van der Waals surface area contributed by atoms with Gasteiger partial charge in [-0.3, -0.25) is 0 Å². The number of aliphatic hydroxyl groups excluding tert-OH is 1. The van der Waals surface area contributed by atoms with Crippen molar-refractivity contribution in [1.82, 2.24) is 9.97 Å². The van der Waals surface area contributed by atoms with Crippen LogP contribution in [0.1, 0.15) is 25.2 Å². The zero-order valence-electron chi connectivity index (χ0n) is 11.3. The van der Waals surface area contributed by atoms with Crippen LogP contribution in [0.4, 0.5) is 11.6 Å². The van der Waals surface area contributed by atoms with Crippen molar-refractivity contribution < 1.29 is 5.11 Å². The van der Waals surface area contributed by atoms with Crippen LogP contribution in [0.25, 0.3) is 0 Å². The van der Waals surface area contributed by atoms with Gasteiger partial charge in [0.1, 0.15) is 17.5 Å². The van der Waals surface area contributed by atoms with Crippen LogP contribution in [0.5, 0.6) is 0 Å². The fourth-order valence-electron chi connectivity index (χ4n) is 1.85. The van der Waals surface area contributed by atoms with Crippen molar-refractivity contribution in [3.8, 4) is 0 Å². The van der Waals surface area contributed by atoms with Gasteiger partial charge in [-0.2, -0.15) is 0 Å². The molecule has 0 saturated heterocycles. The summed E-state index contributed by atoms with van der Waals surface area (Å²) in [6, 6.07) is 0.292. The van der Waals surface area contributed by atoms with Gasteiger partial charge >= 0.3 is 0 Å². The predicted molar refractivity (Wildman–Crippen MR) is 70.6 cm³/mol. The number of hydrogen-bond donors (Lipinski definition) is 2. The van der Waals surface area contributed by atoms with Crippen LogP contribution in [0.3, 0.4) is 0 Å². The maximum Gasteiger partial charge on any atom is 0.137 e. The summed E-state index contributed by atoms with van der Waals surface area (Å²) in [7, 11) is 1.85. The molecule has 0 atom stereocenters. The SMILES string of the molecule is CNc1nc(C)nc(N(CCO)C(C)C)c1C. The van der Waals surface area contributed by atoms with Gasteiger partial charge < -0.3 is 15.3 Å². The Labute approximate surface area is 103 Å². The van der Waals surface area contributed by atoms with Crippen molar-refractivity contribution >= 4 is 11.6 Å². The molecule has 5 nitrogen and oxygen atoms in total. The number of aliphatic hydroxyl groups is 1. The number of aromatic nitrogens is 2. The van der Waals surface area contributed by atoms with E-state index in [9.17, 15) is 0 Å². The van der Waals surface area contributed by atoms with E-state index in [1.165, 1.54) is 0 Å². The van der Waals surface area contributed by atoms with Gasteiger partial charge in [0.25, 0.3) is 0 Å². The Balaban J connectivity index is 3.22. The lowest BCUT2D eigenvalue weighted by Gasteiger charge is -2.29. The molecule has 0 aromatic carbocycles. The minimum Gasteiger partial charge on any atom is -0.395 e. The highest BCUT2D eigenvalue weighted by atomic mass is 16.3. The lowest BCUT2D eigenvalue weighted by Crippen LogP contribution is -2.35. The molecule has 0 bridgehead atoms. The van der Waals surface area contributed by atoms with Crippen molar-refractivity contribution in [2.75, 3.05) is 30.4 Å². The summed E-state index contributed by atoms with van der Waals surface area (Å²) in [6.07, 6.45) is 0. The van der Waals surface area contributed by atoms with Crippen LogP contribution in [0, 0.1) is 13.8 Å². The first-order chi connectivity index (χ1) is 8.01. The molecule has 5 heteroatoms. The van der Waals surface area contributed by atoms with Gasteiger partial charge in [0.2, 0.25) is 0 Å². The molecule has 1 aromatic rings. The molecule has 0 saturated carbocycles. The van der Waals surface area contributed by atoms with Crippen LogP contribution >= 0.6 is 0 Å². The van der Waals surface area contributed by atoms with Gasteiger partial charge in [0.15, 0.2) is 0 Å². The Morgan fingerprint density at radius 1 is 1.29 bits per heavy atom. The summed E-state index contributed by atoms with van der Waals surface area (Å²) in [5, 5.41) is 12.2. The molecule has 1 rings (SSSR count). The fraction of sp³-hybridized carbons (Fsp3) is 0.667. The molecule has 0 amide bonds. The molecule has 1 aromatic heterocycles. The van der Waals surface area contributed by atoms with Crippen molar-refractivity contribution in [2.24, 2.45) is 0 Å². The topological polar surface area (TPSA) is 61.3 Å². The van der Waals surface area contributed by atoms with Crippen LogP contribution < -0.4 is 10.2 Å². The molecule has 0 spiro atoms. The van der Waals surface area contributed by atoms with E-state index in [1.807, 2.05) is 20.9 Å². The first-order valence-electron chi connectivity index (χ1n) is 5.91. The summed E-state index contributed by atoms with van der Waals surface area (Å²) < 4.78 is 0. The highest BCUT2D eigenvalue weighted by molar-refractivity contribution is 5.58. The smallest absolute Gasteiger partial charge is 0.137 e. The van der Waals surface area contributed by atoms with Gasteiger partial charge in [-0.25, -0.2) is 9.97 Å². The first kappa shape index (κ1) is 13.7. The first-order valence-corrected chi connectivity index (χ1v) is 5.91. The summed E-state index contributed by atoms with van der Waals surface area (Å²) in [5.74, 6) is 2.47. The Morgan fingerprint density at radius 2 is 1.94 bits per heavy atom. The zero-order valence-corrected chi connectivity index (χ0v) is 11.3. The van der Waals surface area contributed by atoms with Gasteiger partial charge in [-0.05, 0) is 27.7 Å². The summed E-state index contributed by atoms with van der Waals surface area (Å²) in [4.78, 5) is 10.9. The van der Waals surface area contributed by atoms with Crippen LogP contribution in [-0.2, 0) is 0 Å². The normalized spacial score (nSPS) is 10.8. The summed E-state index contributed by atoms with van der Waals surface area (Å²) >= 11 is 0. The van der Waals surface area contributed by atoms with E-state index in [0.29, 0.717) is 12.6 Å². The summed E-state index contributed by atoms with van der Waals surface area (Å²) in [5.41, 5.74) is 1.01.